The number of hydrogen-bond donors (Lipinski definition) is 0. The number of ether oxygens (including phenoxy) is 3. The monoisotopic (exact) mass is 400 g/mol. The first-order chi connectivity index (χ1) is 14.7. The Hall–Kier alpha value is -3.71. The van der Waals surface area contributed by atoms with Crippen molar-refractivity contribution in [1.82, 2.24) is 0 Å². The fraction of sp³-hybridized carbons (Fsp3) is 0.192. The minimum absolute atomic E-state index is 0.290. The Bertz CT molecular complexity index is 1030. The van der Waals surface area contributed by atoms with E-state index in [-0.39, 0.29) is 12.6 Å². The lowest BCUT2D eigenvalue weighted by Crippen LogP contribution is -2.08. The van der Waals surface area contributed by atoms with Crippen LogP contribution in [-0.4, -0.2) is 26.8 Å². The number of rotatable bonds is 8. The molecule has 0 radical (unpaired) electrons. The second-order valence-corrected chi connectivity index (χ2v) is 6.66. The van der Waals surface area contributed by atoms with E-state index >= 15 is 0 Å². The number of hydrogen-bond acceptors (Lipinski definition) is 4. The molecule has 152 valence electrons. The van der Waals surface area contributed by atoms with Gasteiger partial charge in [-0.15, -0.1) is 12.3 Å². The van der Waals surface area contributed by atoms with Crippen molar-refractivity contribution in [2.75, 3.05) is 20.8 Å². The number of benzene rings is 3. The Morgan fingerprint density at radius 3 is 1.97 bits per heavy atom. The number of esters is 1. The van der Waals surface area contributed by atoms with Gasteiger partial charge in [0.1, 0.15) is 11.5 Å². The van der Waals surface area contributed by atoms with E-state index in [1.807, 2.05) is 66.7 Å². The molecule has 3 aromatic carbocycles. The summed E-state index contributed by atoms with van der Waals surface area (Å²) in [6, 6.07) is 21.1. The van der Waals surface area contributed by atoms with Gasteiger partial charge in [-0.1, -0.05) is 36.4 Å². The summed E-state index contributed by atoms with van der Waals surface area (Å²) < 4.78 is 16.0. The fourth-order valence-corrected chi connectivity index (χ4v) is 3.12. The van der Waals surface area contributed by atoms with Crippen molar-refractivity contribution in [1.29, 1.82) is 0 Å². The number of carbonyl (C=O) groups is 1. The Labute approximate surface area is 177 Å². The van der Waals surface area contributed by atoms with E-state index in [9.17, 15) is 4.79 Å². The second kappa shape index (κ2) is 10.2. The third kappa shape index (κ3) is 5.01. The molecule has 0 bridgehead atoms. The van der Waals surface area contributed by atoms with Crippen LogP contribution in [0.1, 0.15) is 23.2 Å². The van der Waals surface area contributed by atoms with Crippen LogP contribution in [0.15, 0.2) is 66.7 Å². The topological polar surface area (TPSA) is 44.8 Å². The quantitative estimate of drug-likeness (QED) is 0.280. The van der Waals surface area contributed by atoms with Gasteiger partial charge in [0.05, 0.1) is 26.4 Å². The molecule has 4 heteroatoms. The van der Waals surface area contributed by atoms with Gasteiger partial charge in [-0.3, -0.25) is 0 Å². The van der Waals surface area contributed by atoms with Crippen LogP contribution in [0.25, 0.3) is 22.3 Å². The lowest BCUT2D eigenvalue weighted by molar-refractivity contribution is 0.0503. The molecule has 0 spiro atoms. The summed E-state index contributed by atoms with van der Waals surface area (Å²) in [5.41, 5.74) is 4.13. The van der Waals surface area contributed by atoms with Crippen molar-refractivity contribution in [2.45, 2.75) is 12.8 Å². The molecule has 0 aliphatic carbocycles. The molecule has 0 amide bonds. The van der Waals surface area contributed by atoms with Gasteiger partial charge in [0, 0.05) is 6.42 Å². The van der Waals surface area contributed by atoms with Crippen LogP contribution in [0, 0.1) is 12.3 Å². The minimum atomic E-state index is -0.367. The molecule has 0 heterocycles. The maximum absolute atomic E-state index is 12.9. The molecule has 4 nitrogen and oxygen atoms in total. The van der Waals surface area contributed by atoms with Crippen LogP contribution in [0.5, 0.6) is 11.5 Å². The van der Waals surface area contributed by atoms with Crippen LogP contribution >= 0.6 is 0 Å². The van der Waals surface area contributed by atoms with Gasteiger partial charge in [0.25, 0.3) is 0 Å². The van der Waals surface area contributed by atoms with Crippen molar-refractivity contribution in [3.8, 4) is 46.1 Å². The molecule has 0 aliphatic rings. The molecule has 0 saturated carbocycles. The standard InChI is InChI=1S/C26H24O4/c1-4-5-6-17-30-26(27)25-18-21(19-7-12-22(28-2)13-8-19)11-16-24(25)20-9-14-23(29-3)15-10-20/h1,7-16,18H,5-6,17H2,2-3H3. The van der Waals surface area contributed by atoms with Crippen molar-refractivity contribution >= 4 is 5.97 Å². The molecule has 0 aromatic heterocycles. The largest absolute Gasteiger partial charge is 0.497 e. The zero-order valence-electron chi connectivity index (χ0n) is 17.2. The molecular weight excluding hydrogens is 376 g/mol. The highest BCUT2D eigenvalue weighted by molar-refractivity contribution is 5.99. The molecule has 30 heavy (non-hydrogen) atoms. The van der Waals surface area contributed by atoms with Crippen molar-refractivity contribution in [3.05, 3.63) is 72.3 Å². The molecule has 3 rings (SSSR count). The molecule has 0 unspecified atom stereocenters. The minimum Gasteiger partial charge on any atom is -0.497 e. The smallest absolute Gasteiger partial charge is 0.338 e. The first-order valence-corrected chi connectivity index (χ1v) is 9.69. The molecule has 0 N–H and O–H groups in total. The van der Waals surface area contributed by atoms with Crippen LogP contribution in [0.3, 0.4) is 0 Å². The highest BCUT2D eigenvalue weighted by Gasteiger charge is 2.16. The molecule has 0 aliphatic heterocycles. The number of methoxy groups -OCH3 is 2. The highest BCUT2D eigenvalue weighted by Crippen LogP contribution is 2.31. The number of unbranched alkanes of at least 4 members (excludes halogenated alkanes) is 1. The summed E-state index contributed by atoms with van der Waals surface area (Å²) in [5, 5.41) is 0. The molecule has 0 fully saturated rings. The van der Waals surface area contributed by atoms with Gasteiger partial charge >= 0.3 is 5.97 Å². The Kier molecular flexibility index (Phi) is 7.13. The van der Waals surface area contributed by atoms with Crippen LogP contribution in [0.4, 0.5) is 0 Å². The van der Waals surface area contributed by atoms with E-state index in [2.05, 4.69) is 5.92 Å². The third-order valence-corrected chi connectivity index (χ3v) is 4.76. The predicted molar refractivity (Wildman–Crippen MR) is 119 cm³/mol. The predicted octanol–water partition coefficient (Wildman–Crippen LogP) is 5.61. The maximum atomic E-state index is 12.9. The van der Waals surface area contributed by atoms with Crippen LogP contribution < -0.4 is 9.47 Å². The molecule has 3 aromatic rings. The Morgan fingerprint density at radius 1 is 0.833 bits per heavy atom. The van der Waals surface area contributed by atoms with E-state index in [1.54, 1.807) is 14.2 Å². The fourth-order valence-electron chi connectivity index (χ4n) is 3.12. The second-order valence-electron chi connectivity index (χ2n) is 6.66. The zero-order valence-corrected chi connectivity index (χ0v) is 17.2. The summed E-state index contributed by atoms with van der Waals surface area (Å²) in [7, 11) is 3.25. The molecule has 0 saturated heterocycles. The summed E-state index contributed by atoms with van der Waals surface area (Å²) in [4.78, 5) is 12.9. The van der Waals surface area contributed by atoms with Gasteiger partial charge in [-0.25, -0.2) is 4.79 Å². The normalized spacial score (nSPS) is 10.2. The van der Waals surface area contributed by atoms with Gasteiger partial charge in [-0.2, -0.15) is 0 Å². The van der Waals surface area contributed by atoms with E-state index < -0.39 is 0 Å². The average Bonchev–Trinajstić information content (AvgIpc) is 2.81. The van der Waals surface area contributed by atoms with Crippen LogP contribution in [-0.2, 0) is 4.74 Å². The van der Waals surface area contributed by atoms with E-state index in [1.165, 1.54) is 0 Å². The Morgan fingerprint density at radius 2 is 1.40 bits per heavy atom. The SMILES string of the molecule is C#CCCCOC(=O)c1cc(-c2ccc(OC)cc2)ccc1-c1ccc(OC)cc1. The summed E-state index contributed by atoms with van der Waals surface area (Å²) in [5.74, 6) is 3.72. The highest BCUT2D eigenvalue weighted by atomic mass is 16.5. The average molecular weight is 400 g/mol. The lowest BCUT2D eigenvalue weighted by atomic mass is 9.95. The van der Waals surface area contributed by atoms with Crippen molar-refractivity contribution in [3.63, 3.8) is 0 Å². The van der Waals surface area contributed by atoms with Gasteiger partial charge < -0.3 is 14.2 Å². The van der Waals surface area contributed by atoms with E-state index in [0.29, 0.717) is 18.4 Å². The van der Waals surface area contributed by atoms with E-state index in [0.717, 1.165) is 33.8 Å². The van der Waals surface area contributed by atoms with Crippen LogP contribution in [0.2, 0.25) is 0 Å². The summed E-state index contributed by atoms with van der Waals surface area (Å²) in [6.45, 7) is 0.290. The van der Waals surface area contributed by atoms with E-state index in [4.69, 9.17) is 20.6 Å². The van der Waals surface area contributed by atoms with Gasteiger partial charge in [0.15, 0.2) is 0 Å². The van der Waals surface area contributed by atoms with Crippen molar-refractivity contribution < 1.29 is 19.0 Å². The lowest BCUT2D eigenvalue weighted by Gasteiger charge is -2.13. The third-order valence-electron chi connectivity index (χ3n) is 4.76. The molecule has 0 atom stereocenters. The summed E-state index contributed by atoms with van der Waals surface area (Å²) >= 11 is 0. The number of terminal acetylenes is 1. The zero-order chi connectivity index (χ0) is 21.3. The van der Waals surface area contributed by atoms with Gasteiger partial charge in [-0.05, 0) is 59.0 Å². The Balaban J connectivity index is 1.97. The first-order valence-electron chi connectivity index (χ1n) is 9.69. The molecular formula is C26H24O4. The summed E-state index contributed by atoms with van der Waals surface area (Å²) in [6.07, 6.45) is 6.49. The first kappa shape index (κ1) is 21.0. The van der Waals surface area contributed by atoms with Crippen molar-refractivity contribution in [2.24, 2.45) is 0 Å². The maximum Gasteiger partial charge on any atom is 0.338 e. The number of carbonyl (C=O) groups excluding carboxylic acids is 1. The van der Waals surface area contributed by atoms with Gasteiger partial charge in [0.2, 0.25) is 0 Å².